The Morgan fingerprint density at radius 3 is 2.95 bits per heavy atom. The highest BCUT2D eigenvalue weighted by Crippen LogP contribution is 2.28. The number of nitrogens with zero attached hydrogens (tertiary/aromatic N) is 3. The predicted octanol–water partition coefficient (Wildman–Crippen LogP) is 3.79. The lowest BCUT2D eigenvalue weighted by molar-refractivity contribution is -0.0544. The molecule has 1 amide bonds. The number of anilines is 1. The van der Waals surface area contributed by atoms with Gasteiger partial charge in [0.15, 0.2) is 11.0 Å². The molecule has 0 aromatic carbocycles. The molecule has 22 heavy (non-hydrogen) atoms. The number of aromatic nitrogens is 3. The second-order valence-electron chi connectivity index (χ2n) is 4.58. The van der Waals surface area contributed by atoms with Gasteiger partial charge in [0.2, 0.25) is 0 Å². The van der Waals surface area contributed by atoms with E-state index in [1.807, 2.05) is 19.1 Å². The zero-order valence-corrected chi connectivity index (χ0v) is 12.1. The molecule has 0 saturated carbocycles. The molecule has 1 N–H and O–H groups in total. The van der Waals surface area contributed by atoms with E-state index in [2.05, 4.69) is 20.2 Å². The number of nitrogens with one attached hydrogen (secondary N) is 1. The van der Waals surface area contributed by atoms with Crippen LogP contribution in [0.15, 0.2) is 36.8 Å². The Balaban J connectivity index is 2.09. The Hall–Kier alpha value is -2.67. The van der Waals surface area contributed by atoms with Crippen molar-refractivity contribution in [1.82, 2.24) is 14.4 Å². The molecule has 0 aliphatic heterocycles. The molecule has 0 aliphatic carbocycles. The zero-order valence-electron chi connectivity index (χ0n) is 11.4. The Morgan fingerprint density at radius 2 is 2.23 bits per heavy atom. The first-order valence-corrected chi connectivity index (χ1v) is 6.66. The van der Waals surface area contributed by atoms with Gasteiger partial charge in [-0.25, -0.2) is 14.7 Å². The van der Waals surface area contributed by atoms with Crippen LogP contribution in [0.3, 0.4) is 0 Å². The van der Waals surface area contributed by atoms with Crippen LogP contribution in [0, 0.1) is 6.92 Å². The number of rotatable bonds is 2. The molecule has 0 spiro atoms. The van der Waals surface area contributed by atoms with Gasteiger partial charge in [0.1, 0.15) is 5.65 Å². The molecule has 6 nitrogen and oxygen atoms in total. The molecular formula is C14H10ClFN4O2. The molecule has 0 bridgehead atoms. The largest absolute Gasteiger partial charge is 0.450 e. The van der Waals surface area contributed by atoms with Crippen molar-refractivity contribution in [3.63, 3.8) is 0 Å². The van der Waals surface area contributed by atoms with E-state index in [0.717, 1.165) is 16.7 Å². The summed E-state index contributed by atoms with van der Waals surface area (Å²) < 4.78 is 13.4. The first kappa shape index (κ1) is 14.3. The van der Waals surface area contributed by atoms with Crippen molar-refractivity contribution in [2.24, 2.45) is 0 Å². The van der Waals surface area contributed by atoms with Gasteiger partial charge in [-0.05, 0) is 30.7 Å². The van der Waals surface area contributed by atoms with E-state index in [9.17, 15) is 9.32 Å². The van der Waals surface area contributed by atoms with Gasteiger partial charge in [0, 0.05) is 34.2 Å². The molecule has 0 saturated heterocycles. The van der Waals surface area contributed by atoms with E-state index in [4.69, 9.17) is 11.6 Å². The van der Waals surface area contributed by atoms with Crippen molar-refractivity contribution in [1.29, 1.82) is 0 Å². The highest BCUT2D eigenvalue weighted by molar-refractivity contribution is 6.32. The van der Waals surface area contributed by atoms with E-state index < -0.39 is 6.09 Å². The van der Waals surface area contributed by atoms with Crippen LogP contribution < -0.4 is 5.32 Å². The third-order valence-corrected chi connectivity index (χ3v) is 3.56. The lowest BCUT2D eigenvalue weighted by Gasteiger charge is -2.06. The van der Waals surface area contributed by atoms with E-state index in [1.165, 1.54) is 0 Å². The quantitative estimate of drug-likeness (QED) is 0.780. The van der Waals surface area contributed by atoms with Crippen molar-refractivity contribution in [3.8, 4) is 11.1 Å². The Bertz CT molecular complexity index is 865. The molecule has 0 fully saturated rings. The van der Waals surface area contributed by atoms with Crippen molar-refractivity contribution in [3.05, 3.63) is 47.5 Å². The number of aryl methyl sites for hydroxylation is 1. The van der Waals surface area contributed by atoms with Gasteiger partial charge in [-0.15, -0.1) is 0 Å². The van der Waals surface area contributed by atoms with Gasteiger partial charge in [0.25, 0.3) is 0 Å². The number of halogens is 2. The van der Waals surface area contributed by atoms with Crippen LogP contribution in [0.5, 0.6) is 0 Å². The van der Waals surface area contributed by atoms with Gasteiger partial charge in [-0.3, -0.25) is 14.7 Å². The topological polar surface area (TPSA) is 68.5 Å². The Kier molecular flexibility index (Phi) is 3.64. The fourth-order valence-electron chi connectivity index (χ4n) is 2.14. The number of amides is 1. The lowest BCUT2D eigenvalue weighted by Crippen LogP contribution is -2.09. The normalized spacial score (nSPS) is 10.7. The van der Waals surface area contributed by atoms with E-state index in [0.29, 0.717) is 5.65 Å². The zero-order chi connectivity index (χ0) is 15.7. The van der Waals surface area contributed by atoms with Gasteiger partial charge >= 0.3 is 6.09 Å². The second kappa shape index (κ2) is 5.61. The number of hydrogen-bond acceptors (Lipinski definition) is 4. The standard InChI is InChI=1S/C14H10ClFN4O2/c1-8-4-5-17-6-10(8)9-2-3-11-18-13(19-14(21)22-16)12(15)20(11)7-9/h2-7H,1H3,(H,19,21). The maximum atomic E-state index is 11.8. The van der Waals surface area contributed by atoms with E-state index >= 15 is 0 Å². The highest BCUT2D eigenvalue weighted by Gasteiger charge is 2.15. The van der Waals surface area contributed by atoms with Crippen molar-refractivity contribution in [2.45, 2.75) is 6.92 Å². The second-order valence-corrected chi connectivity index (χ2v) is 4.94. The summed E-state index contributed by atoms with van der Waals surface area (Å²) in [5, 5.41) is 2.25. The molecule has 112 valence electrons. The third kappa shape index (κ3) is 2.46. The first-order valence-electron chi connectivity index (χ1n) is 6.28. The number of imidazole rings is 1. The molecule has 3 heterocycles. The SMILES string of the molecule is Cc1ccncc1-c1ccc2nc(NC(=O)OF)c(Cl)n2c1. The van der Waals surface area contributed by atoms with Crippen molar-refractivity contribution >= 4 is 29.2 Å². The summed E-state index contributed by atoms with van der Waals surface area (Å²) >= 11 is 6.15. The fraction of sp³-hybridized carbons (Fsp3) is 0.0714. The maximum Gasteiger partial charge on any atom is 0.450 e. The van der Waals surface area contributed by atoms with Gasteiger partial charge in [0.05, 0.1) is 0 Å². The Morgan fingerprint density at radius 1 is 1.41 bits per heavy atom. The maximum absolute atomic E-state index is 11.8. The molecular weight excluding hydrogens is 311 g/mol. The van der Waals surface area contributed by atoms with Crippen molar-refractivity contribution < 1.29 is 14.3 Å². The summed E-state index contributed by atoms with van der Waals surface area (Å²) in [6, 6.07) is 5.50. The third-order valence-electron chi connectivity index (χ3n) is 3.20. The van der Waals surface area contributed by atoms with Gasteiger partial charge < -0.3 is 0 Å². The molecule has 8 heteroatoms. The van der Waals surface area contributed by atoms with Crippen LogP contribution in [-0.4, -0.2) is 20.5 Å². The molecule has 0 unspecified atom stereocenters. The minimum atomic E-state index is -1.28. The number of hydrogen-bond donors (Lipinski definition) is 1. The summed E-state index contributed by atoms with van der Waals surface area (Å²) in [4.78, 5) is 22.2. The van der Waals surface area contributed by atoms with Crippen LogP contribution in [-0.2, 0) is 4.94 Å². The minimum Gasteiger partial charge on any atom is -0.288 e. The molecule has 0 aliphatic rings. The average molecular weight is 321 g/mol. The first-order chi connectivity index (χ1) is 10.6. The highest BCUT2D eigenvalue weighted by atomic mass is 35.5. The number of pyridine rings is 2. The molecule has 3 aromatic heterocycles. The predicted molar refractivity (Wildman–Crippen MR) is 79.4 cm³/mol. The number of fused-ring (bicyclic) bond motifs is 1. The smallest absolute Gasteiger partial charge is 0.288 e. The average Bonchev–Trinajstić information content (AvgIpc) is 2.83. The lowest BCUT2D eigenvalue weighted by atomic mass is 10.1. The van der Waals surface area contributed by atoms with E-state index in [1.54, 1.807) is 29.1 Å². The van der Waals surface area contributed by atoms with Gasteiger partial charge in [-0.1, -0.05) is 11.6 Å². The number of carbonyl (C=O) groups is 1. The van der Waals surface area contributed by atoms with Crippen LogP contribution in [0.4, 0.5) is 15.1 Å². The summed E-state index contributed by atoms with van der Waals surface area (Å²) in [5.74, 6) is 0.0179. The van der Waals surface area contributed by atoms with Crippen molar-refractivity contribution in [2.75, 3.05) is 5.32 Å². The Labute approximate surface area is 129 Å². The van der Waals surface area contributed by atoms with Gasteiger partial charge in [-0.2, -0.15) is 0 Å². The molecule has 3 aromatic rings. The molecule has 3 rings (SSSR count). The summed E-state index contributed by atoms with van der Waals surface area (Å²) in [6.07, 6.45) is 3.95. The summed E-state index contributed by atoms with van der Waals surface area (Å²) in [6.45, 7) is 1.97. The molecule has 0 atom stereocenters. The fourth-order valence-corrected chi connectivity index (χ4v) is 2.36. The van der Waals surface area contributed by atoms with Crippen LogP contribution in [0.2, 0.25) is 5.15 Å². The van der Waals surface area contributed by atoms with Crippen LogP contribution in [0.25, 0.3) is 16.8 Å². The summed E-state index contributed by atoms with van der Waals surface area (Å²) in [7, 11) is 0. The minimum absolute atomic E-state index is 0.0179. The van der Waals surface area contributed by atoms with E-state index in [-0.39, 0.29) is 11.0 Å². The monoisotopic (exact) mass is 320 g/mol. The summed E-state index contributed by atoms with van der Waals surface area (Å²) in [5.41, 5.74) is 3.40. The molecule has 0 radical (unpaired) electrons. The van der Waals surface area contributed by atoms with Crippen LogP contribution in [0.1, 0.15) is 5.56 Å². The van der Waals surface area contributed by atoms with Crippen LogP contribution >= 0.6 is 11.6 Å². The number of carbonyl (C=O) groups excluding carboxylic acids is 1.